The second-order valence-corrected chi connectivity index (χ2v) is 11.2. The molecule has 0 aliphatic carbocycles. The van der Waals surface area contributed by atoms with Gasteiger partial charge in [0.15, 0.2) is 0 Å². The number of nitrogens with zero attached hydrogens (tertiary/aromatic N) is 1. The zero-order valence-corrected chi connectivity index (χ0v) is 14.7. The van der Waals surface area contributed by atoms with Crippen LogP contribution in [-0.2, 0) is 11.8 Å². The van der Waals surface area contributed by atoms with Crippen molar-refractivity contribution in [2.45, 2.75) is 52.6 Å². The maximum Gasteiger partial charge on any atom is 0.0480 e. The predicted octanol–water partition coefficient (Wildman–Crippen LogP) is 4.63. The van der Waals surface area contributed by atoms with Crippen LogP contribution in [0.15, 0.2) is 30.3 Å². The molecule has 0 saturated heterocycles. The molecule has 0 bridgehead atoms. The van der Waals surface area contributed by atoms with Gasteiger partial charge in [-0.15, -0.1) is 0 Å². The lowest BCUT2D eigenvalue weighted by Gasteiger charge is -2.44. The highest BCUT2D eigenvalue weighted by Gasteiger charge is 2.37. The highest BCUT2D eigenvalue weighted by molar-refractivity contribution is 8.17. The Kier molecular flexibility index (Phi) is 6.23. The first-order chi connectivity index (χ1) is 8.87. The zero-order chi connectivity index (χ0) is 14.5. The molecule has 0 amide bonds. The summed E-state index contributed by atoms with van der Waals surface area (Å²) in [5.41, 5.74) is 0. The van der Waals surface area contributed by atoms with Crippen LogP contribution < -0.4 is 5.30 Å². The molecule has 1 rings (SSSR count). The molecule has 1 aromatic carbocycles. The highest BCUT2D eigenvalue weighted by atomic mass is 32.4. The van der Waals surface area contributed by atoms with Crippen LogP contribution in [0, 0.1) is 0 Å². The maximum atomic E-state index is 6.30. The topological polar surface area (TPSA) is 3.24 Å². The van der Waals surface area contributed by atoms with Gasteiger partial charge in [-0.3, -0.25) is 4.67 Å². The molecule has 1 atom stereocenters. The van der Waals surface area contributed by atoms with E-state index in [2.05, 4.69) is 69.6 Å². The Bertz CT molecular complexity index is 416. The third kappa shape index (κ3) is 3.68. The van der Waals surface area contributed by atoms with Gasteiger partial charge in [-0.05, 0) is 18.1 Å². The molecule has 0 saturated carbocycles. The van der Waals surface area contributed by atoms with E-state index in [0.29, 0.717) is 0 Å². The van der Waals surface area contributed by atoms with Gasteiger partial charge in [0.05, 0.1) is 0 Å². The number of rotatable bonds is 6. The largest absolute Gasteiger partial charge is 0.271 e. The second kappa shape index (κ2) is 7.02. The number of hydrogen-bond donors (Lipinski definition) is 0. The summed E-state index contributed by atoms with van der Waals surface area (Å²) >= 11 is 6.30. The SMILES string of the molecule is CCCN(CCC)P(=S)(c1ccccc1)C(C)(C)C. The van der Waals surface area contributed by atoms with Crippen molar-refractivity contribution in [2.75, 3.05) is 13.1 Å². The van der Waals surface area contributed by atoms with E-state index in [0.717, 1.165) is 13.1 Å². The van der Waals surface area contributed by atoms with Crippen LogP contribution in [0.2, 0.25) is 0 Å². The summed E-state index contributed by atoms with van der Waals surface area (Å²) in [5.74, 6) is 0. The molecule has 0 aromatic heterocycles. The van der Waals surface area contributed by atoms with E-state index < -0.39 is 6.19 Å². The number of hydrogen-bond acceptors (Lipinski definition) is 1. The average molecular weight is 297 g/mol. The molecule has 0 fully saturated rings. The lowest BCUT2D eigenvalue weighted by atomic mass is 10.3. The minimum absolute atomic E-state index is 0.133. The third-order valence-corrected chi connectivity index (χ3v) is 10.4. The minimum atomic E-state index is -1.73. The molecule has 0 N–H and O–H groups in total. The molecule has 0 aliphatic rings. The Balaban J connectivity index is 3.31. The first-order valence-electron chi connectivity index (χ1n) is 7.29. The van der Waals surface area contributed by atoms with Gasteiger partial charge in [0.1, 0.15) is 0 Å². The highest BCUT2D eigenvalue weighted by Crippen LogP contribution is 2.59. The monoisotopic (exact) mass is 297 g/mol. The first-order valence-corrected chi connectivity index (χ1v) is 10.0. The van der Waals surface area contributed by atoms with Crippen molar-refractivity contribution in [1.29, 1.82) is 0 Å². The summed E-state index contributed by atoms with van der Waals surface area (Å²) in [5, 5.41) is 1.49. The molecule has 0 spiro atoms. The molecule has 1 aromatic rings. The minimum Gasteiger partial charge on any atom is -0.271 e. The van der Waals surface area contributed by atoms with Crippen LogP contribution >= 0.6 is 6.19 Å². The van der Waals surface area contributed by atoms with Gasteiger partial charge >= 0.3 is 0 Å². The molecule has 1 unspecified atom stereocenters. The molecule has 108 valence electrons. The summed E-state index contributed by atoms with van der Waals surface area (Å²) in [6.45, 7) is 13.6. The van der Waals surface area contributed by atoms with E-state index in [4.69, 9.17) is 11.8 Å². The number of benzene rings is 1. The van der Waals surface area contributed by atoms with Crippen LogP contribution in [0.1, 0.15) is 47.5 Å². The quantitative estimate of drug-likeness (QED) is 0.704. The second-order valence-electron chi connectivity index (χ2n) is 6.04. The van der Waals surface area contributed by atoms with Crippen molar-refractivity contribution in [1.82, 2.24) is 4.67 Å². The van der Waals surface area contributed by atoms with Gasteiger partial charge in [0.25, 0.3) is 0 Å². The molecule has 3 heteroatoms. The van der Waals surface area contributed by atoms with Crippen molar-refractivity contribution in [3.8, 4) is 0 Å². The van der Waals surface area contributed by atoms with E-state index in [9.17, 15) is 0 Å². The van der Waals surface area contributed by atoms with Crippen LogP contribution in [0.4, 0.5) is 0 Å². The van der Waals surface area contributed by atoms with Gasteiger partial charge in [-0.25, -0.2) is 0 Å². The van der Waals surface area contributed by atoms with E-state index in [1.165, 1.54) is 18.1 Å². The Hall–Kier alpha value is -0.170. The molecule has 1 nitrogen and oxygen atoms in total. The Morgan fingerprint density at radius 3 is 1.84 bits per heavy atom. The van der Waals surface area contributed by atoms with Crippen LogP contribution in [0.25, 0.3) is 0 Å². The van der Waals surface area contributed by atoms with Crippen LogP contribution in [0.3, 0.4) is 0 Å². The molecule has 0 heterocycles. The van der Waals surface area contributed by atoms with E-state index >= 15 is 0 Å². The van der Waals surface area contributed by atoms with Gasteiger partial charge in [0, 0.05) is 24.4 Å². The Labute approximate surface area is 124 Å². The summed E-state index contributed by atoms with van der Waals surface area (Å²) in [6.07, 6.45) is 0.604. The summed E-state index contributed by atoms with van der Waals surface area (Å²) in [4.78, 5) is 0. The van der Waals surface area contributed by atoms with E-state index in [1.54, 1.807) is 0 Å². The van der Waals surface area contributed by atoms with Crippen molar-refractivity contribution < 1.29 is 0 Å². The smallest absolute Gasteiger partial charge is 0.0480 e. The lowest BCUT2D eigenvalue weighted by Crippen LogP contribution is -2.37. The molecular weight excluding hydrogens is 269 g/mol. The fraction of sp³-hybridized carbons (Fsp3) is 0.625. The fourth-order valence-corrected chi connectivity index (χ4v) is 6.86. The van der Waals surface area contributed by atoms with Gasteiger partial charge in [0.2, 0.25) is 0 Å². The molecule has 0 radical (unpaired) electrons. The van der Waals surface area contributed by atoms with Gasteiger partial charge in [-0.2, -0.15) is 0 Å². The third-order valence-electron chi connectivity index (χ3n) is 3.38. The fourth-order valence-electron chi connectivity index (χ4n) is 2.51. The normalized spacial score (nSPS) is 15.5. The Morgan fingerprint density at radius 2 is 1.47 bits per heavy atom. The van der Waals surface area contributed by atoms with E-state index in [-0.39, 0.29) is 5.16 Å². The average Bonchev–Trinajstić information content (AvgIpc) is 2.37. The lowest BCUT2D eigenvalue weighted by molar-refractivity contribution is 0.443. The standard InChI is InChI=1S/C16H28NPS/c1-6-13-17(14-7-2)18(19,16(3,4)5)15-11-9-8-10-12-15/h8-12H,6-7,13-14H2,1-5H3. The summed E-state index contributed by atoms with van der Waals surface area (Å²) in [7, 11) is 0. The molecule has 0 aliphatic heterocycles. The first kappa shape index (κ1) is 16.9. The summed E-state index contributed by atoms with van der Waals surface area (Å²) in [6, 6.07) is 10.8. The van der Waals surface area contributed by atoms with Crippen molar-refractivity contribution in [2.24, 2.45) is 0 Å². The Morgan fingerprint density at radius 1 is 1.00 bits per heavy atom. The zero-order valence-electron chi connectivity index (χ0n) is 13.0. The van der Waals surface area contributed by atoms with Crippen LogP contribution in [-0.4, -0.2) is 22.9 Å². The predicted molar refractivity (Wildman–Crippen MR) is 92.3 cm³/mol. The van der Waals surface area contributed by atoms with Crippen LogP contribution in [0.5, 0.6) is 0 Å². The van der Waals surface area contributed by atoms with Gasteiger partial charge < -0.3 is 0 Å². The van der Waals surface area contributed by atoms with Crippen molar-refractivity contribution >= 4 is 23.3 Å². The summed E-state index contributed by atoms with van der Waals surface area (Å²) < 4.78 is 2.59. The molecular formula is C16H28NPS. The van der Waals surface area contributed by atoms with Crippen molar-refractivity contribution in [3.05, 3.63) is 30.3 Å². The molecule has 19 heavy (non-hydrogen) atoms. The van der Waals surface area contributed by atoms with Gasteiger partial charge in [-0.1, -0.05) is 76.8 Å². The van der Waals surface area contributed by atoms with Crippen molar-refractivity contribution in [3.63, 3.8) is 0 Å². The van der Waals surface area contributed by atoms with E-state index in [1.807, 2.05) is 0 Å². The maximum absolute atomic E-state index is 6.30.